The maximum Gasteiger partial charge on any atom is 0.238 e. The van der Waals surface area contributed by atoms with Gasteiger partial charge in [0, 0.05) is 5.39 Å². The number of ether oxygens (including phenoxy) is 1. The molecule has 0 bridgehead atoms. The zero-order chi connectivity index (χ0) is 14.3. The third kappa shape index (κ3) is 2.72. The summed E-state index contributed by atoms with van der Waals surface area (Å²) in [6.45, 7) is 0.609. The van der Waals surface area contributed by atoms with E-state index in [0.717, 1.165) is 0 Å². The van der Waals surface area contributed by atoms with Crippen LogP contribution in [-0.4, -0.2) is 20.0 Å². The van der Waals surface area contributed by atoms with Crippen molar-refractivity contribution in [1.29, 1.82) is 0 Å². The van der Waals surface area contributed by atoms with Gasteiger partial charge in [0.1, 0.15) is 16.4 Å². The summed E-state index contributed by atoms with van der Waals surface area (Å²) in [5.74, 6) is 1.11. The lowest BCUT2D eigenvalue weighted by Gasteiger charge is -2.11. The van der Waals surface area contributed by atoms with Crippen LogP contribution < -0.4 is 9.88 Å². The molecule has 0 spiro atoms. The maximum absolute atomic E-state index is 11.6. The van der Waals surface area contributed by atoms with Gasteiger partial charge < -0.3 is 4.74 Å². The zero-order valence-corrected chi connectivity index (χ0v) is 12.1. The molecule has 0 saturated heterocycles. The van der Waals surface area contributed by atoms with Crippen molar-refractivity contribution in [3.05, 3.63) is 29.4 Å². The predicted octanol–water partition coefficient (Wildman–Crippen LogP) is 2.32. The van der Waals surface area contributed by atoms with Gasteiger partial charge in [-0.1, -0.05) is 11.6 Å². The number of nitrogens with zero attached hydrogens (tertiary/aromatic N) is 1. The Labute approximate surface area is 121 Å². The predicted molar refractivity (Wildman–Crippen MR) is 76.3 cm³/mol. The highest BCUT2D eigenvalue weighted by molar-refractivity contribution is 7.89. The molecule has 20 heavy (non-hydrogen) atoms. The van der Waals surface area contributed by atoms with Crippen molar-refractivity contribution in [1.82, 2.24) is 4.98 Å². The maximum atomic E-state index is 11.6. The van der Waals surface area contributed by atoms with E-state index >= 15 is 0 Å². The second kappa shape index (κ2) is 4.87. The van der Waals surface area contributed by atoms with Crippen LogP contribution in [0, 0.1) is 5.92 Å². The molecule has 1 aromatic carbocycles. The van der Waals surface area contributed by atoms with Crippen LogP contribution in [0.3, 0.4) is 0 Å². The highest BCUT2D eigenvalue weighted by Crippen LogP contribution is 2.33. The van der Waals surface area contributed by atoms with Crippen LogP contribution in [0.4, 0.5) is 0 Å². The normalized spacial score (nSPS) is 15.5. The summed E-state index contributed by atoms with van der Waals surface area (Å²) < 4.78 is 28.9. The topological polar surface area (TPSA) is 82.3 Å². The largest absolute Gasteiger partial charge is 0.491 e. The molecule has 1 fully saturated rings. The molecule has 1 aliphatic carbocycles. The molecule has 3 rings (SSSR count). The summed E-state index contributed by atoms with van der Waals surface area (Å²) in [5.41, 5.74) is 0.421. The average Bonchev–Trinajstić information content (AvgIpc) is 3.18. The van der Waals surface area contributed by atoms with E-state index in [1.807, 2.05) is 0 Å². The molecule has 5 nitrogen and oxygen atoms in total. The molecule has 1 aliphatic rings. The molecule has 0 atom stereocenters. The van der Waals surface area contributed by atoms with E-state index in [1.54, 1.807) is 12.1 Å². The summed E-state index contributed by atoms with van der Waals surface area (Å²) in [6, 6.07) is 6.14. The summed E-state index contributed by atoms with van der Waals surface area (Å²) in [5, 5.41) is 5.91. The first-order valence-electron chi connectivity index (χ1n) is 6.20. The quantitative estimate of drug-likeness (QED) is 0.878. The van der Waals surface area contributed by atoms with Crippen LogP contribution >= 0.6 is 11.6 Å². The van der Waals surface area contributed by atoms with Gasteiger partial charge in [-0.15, -0.1) is 0 Å². The highest BCUT2D eigenvalue weighted by atomic mass is 35.5. The van der Waals surface area contributed by atoms with E-state index in [4.69, 9.17) is 21.5 Å². The van der Waals surface area contributed by atoms with Gasteiger partial charge >= 0.3 is 0 Å². The Morgan fingerprint density at radius 3 is 2.70 bits per heavy atom. The second-order valence-electron chi connectivity index (χ2n) is 4.89. The molecular formula is C13H13ClN2O3S. The number of fused-ring (bicyclic) bond motifs is 1. The van der Waals surface area contributed by atoms with Crippen molar-refractivity contribution >= 4 is 32.5 Å². The molecule has 0 unspecified atom stereocenters. The third-order valence-electron chi connectivity index (χ3n) is 3.22. The number of aromatic nitrogens is 1. The van der Waals surface area contributed by atoms with E-state index < -0.39 is 10.0 Å². The summed E-state index contributed by atoms with van der Waals surface area (Å²) in [4.78, 5) is 4.19. The van der Waals surface area contributed by atoms with Crippen LogP contribution in [0.15, 0.2) is 29.2 Å². The molecule has 106 valence electrons. The Balaban J connectivity index is 2.14. The highest BCUT2D eigenvalue weighted by Gasteiger charge is 2.23. The first-order chi connectivity index (χ1) is 9.45. The number of hydrogen-bond acceptors (Lipinski definition) is 4. The number of rotatable bonds is 4. The Hall–Kier alpha value is -1.37. The third-order valence-corrected chi connectivity index (χ3v) is 4.40. The van der Waals surface area contributed by atoms with Crippen molar-refractivity contribution in [2.45, 2.75) is 17.7 Å². The van der Waals surface area contributed by atoms with Crippen LogP contribution in [0.2, 0.25) is 5.15 Å². The van der Waals surface area contributed by atoms with Gasteiger partial charge in [-0.25, -0.2) is 18.5 Å². The van der Waals surface area contributed by atoms with Gasteiger partial charge in [0.05, 0.1) is 11.5 Å². The van der Waals surface area contributed by atoms with Gasteiger partial charge in [-0.3, -0.25) is 0 Å². The van der Waals surface area contributed by atoms with Gasteiger partial charge in [0.2, 0.25) is 10.0 Å². The van der Waals surface area contributed by atoms with Crippen LogP contribution in [0.1, 0.15) is 12.8 Å². The minimum atomic E-state index is -3.82. The average molecular weight is 313 g/mol. The van der Waals surface area contributed by atoms with E-state index in [9.17, 15) is 8.42 Å². The fourth-order valence-corrected chi connectivity index (χ4v) is 2.88. The van der Waals surface area contributed by atoms with Gasteiger partial charge in [0.25, 0.3) is 0 Å². The van der Waals surface area contributed by atoms with E-state index in [-0.39, 0.29) is 10.0 Å². The number of sulfonamides is 1. The Morgan fingerprint density at radius 2 is 2.05 bits per heavy atom. The molecule has 7 heteroatoms. The molecule has 0 amide bonds. The summed E-state index contributed by atoms with van der Waals surface area (Å²) >= 11 is 5.88. The first kappa shape index (κ1) is 13.6. The van der Waals surface area contributed by atoms with Crippen LogP contribution in [-0.2, 0) is 10.0 Å². The lowest BCUT2D eigenvalue weighted by molar-refractivity contribution is 0.302. The Kier molecular flexibility index (Phi) is 3.32. The van der Waals surface area contributed by atoms with Crippen molar-refractivity contribution in [3.63, 3.8) is 0 Å². The van der Waals surface area contributed by atoms with Crippen molar-refractivity contribution < 1.29 is 13.2 Å². The lowest BCUT2D eigenvalue weighted by atomic mass is 10.2. The number of pyridine rings is 1. The van der Waals surface area contributed by atoms with E-state index in [1.165, 1.54) is 25.0 Å². The standard InChI is InChI=1S/C13H13ClN2O3S/c14-12-6-3-9-11(20(15,17)18)5-4-10(13(9)16-12)19-7-8-1-2-8/h3-6,8H,1-2,7H2,(H2,15,17,18). The lowest BCUT2D eigenvalue weighted by Crippen LogP contribution is -2.13. The number of benzene rings is 1. The van der Waals surface area contributed by atoms with Crippen molar-refractivity contribution in [2.75, 3.05) is 6.61 Å². The number of hydrogen-bond donors (Lipinski definition) is 1. The van der Waals surface area contributed by atoms with E-state index in [2.05, 4.69) is 4.98 Å². The zero-order valence-electron chi connectivity index (χ0n) is 10.5. The minimum Gasteiger partial charge on any atom is -0.491 e. The number of primary sulfonamides is 1. The smallest absolute Gasteiger partial charge is 0.238 e. The number of nitrogens with two attached hydrogens (primary N) is 1. The fourth-order valence-electron chi connectivity index (χ4n) is 2.00. The molecule has 1 saturated carbocycles. The minimum absolute atomic E-state index is 0.0236. The van der Waals surface area contributed by atoms with Crippen molar-refractivity contribution in [3.8, 4) is 5.75 Å². The summed E-state index contributed by atoms with van der Waals surface area (Å²) in [6.07, 6.45) is 2.34. The number of halogens is 1. The monoisotopic (exact) mass is 312 g/mol. The molecule has 0 aliphatic heterocycles. The molecule has 2 N–H and O–H groups in total. The van der Waals surface area contributed by atoms with Gasteiger partial charge in [-0.05, 0) is 43.0 Å². The Bertz CT molecular complexity index is 773. The van der Waals surface area contributed by atoms with Crippen LogP contribution in [0.25, 0.3) is 10.9 Å². The summed E-state index contributed by atoms with van der Waals surface area (Å²) in [7, 11) is -3.82. The fraction of sp³-hybridized carbons (Fsp3) is 0.308. The molecule has 1 aromatic heterocycles. The molecule has 1 heterocycles. The molecule has 2 aromatic rings. The SMILES string of the molecule is NS(=O)(=O)c1ccc(OCC2CC2)c2nc(Cl)ccc12. The molecular weight excluding hydrogens is 300 g/mol. The van der Waals surface area contributed by atoms with Crippen LogP contribution in [0.5, 0.6) is 5.75 Å². The molecule has 0 radical (unpaired) electrons. The van der Waals surface area contributed by atoms with Gasteiger partial charge in [-0.2, -0.15) is 0 Å². The second-order valence-corrected chi connectivity index (χ2v) is 6.81. The van der Waals surface area contributed by atoms with Gasteiger partial charge in [0.15, 0.2) is 0 Å². The van der Waals surface area contributed by atoms with Crippen molar-refractivity contribution in [2.24, 2.45) is 11.1 Å². The first-order valence-corrected chi connectivity index (χ1v) is 8.12. The Morgan fingerprint density at radius 1 is 1.30 bits per heavy atom. The van der Waals surface area contributed by atoms with E-state index in [0.29, 0.717) is 29.2 Å².